The number of aryl methyl sites for hydroxylation is 1. The van der Waals surface area contributed by atoms with Gasteiger partial charge in [0.15, 0.2) is 5.78 Å². The highest BCUT2D eigenvalue weighted by Gasteiger charge is 2.33. The first kappa shape index (κ1) is 29.2. The molecule has 5 nitrogen and oxygen atoms in total. The van der Waals surface area contributed by atoms with Crippen molar-refractivity contribution in [2.45, 2.75) is 58.2 Å². The van der Waals surface area contributed by atoms with Crippen LogP contribution < -0.4 is 4.74 Å². The zero-order chi connectivity index (χ0) is 29.3. The largest absolute Gasteiger partial charge is 0.496 e. The van der Waals surface area contributed by atoms with Gasteiger partial charge >= 0.3 is 0 Å². The fraction of sp³-hybridized carbons (Fsp3) is 0.333. The van der Waals surface area contributed by atoms with Crippen molar-refractivity contribution < 1.29 is 18.7 Å². The number of ketones is 1. The molecular formula is C33H34ClFN2O3S. The van der Waals surface area contributed by atoms with Crippen molar-refractivity contribution in [1.29, 1.82) is 0 Å². The van der Waals surface area contributed by atoms with Gasteiger partial charge in [0.25, 0.3) is 5.91 Å². The molecule has 214 valence electrons. The topological polar surface area (TPSA) is 49.9 Å². The smallest absolute Gasteiger partial charge is 0.264 e. The Bertz CT molecular complexity index is 1590. The molecule has 1 heterocycles. The SMILES string of the molecule is COc1ccc(-c2cccc(C(C)=O)c2)cc1CN(C(=O)c1sc2cccc(F)c2c1C)C1CCC(N(C)Cl)CC1. The lowest BCUT2D eigenvalue weighted by molar-refractivity contribution is 0.0588. The summed E-state index contributed by atoms with van der Waals surface area (Å²) >= 11 is 7.63. The molecule has 0 N–H and O–H groups in total. The Morgan fingerprint density at radius 1 is 1.00 bits per heavy atom. The average molecular weight is 593 g/mol. The lowest BCUT2D eigenvalue weighted by atomic mass is 9.89. The molecule has 1 aliphatic rings. The van der Waals surface area contributed by atoms with Crippen LogP contribution in [0.1, 0.15) is 63.8 Å². The summed E-state index contributed by atoms with van der Waals surface area (Å²) in [5.41, 5.74) is 4.04. The molecule has 1 aromatic heterocycles. The number of fused-ring (bicyclic) bond motifs is 1. The Balaban J connectivity index is 1.54. The van der Waals surface area contributed by atoms with Gasteiger partial charge in [0.05, 0.1) is 12.0 Å². The van der Waals surface area contributed by atoms with Gasteiger partial charge in [-0.2, -0.15) is 0 Å². The second-order valence-corrected chi connectivity index (χ2v) is 12.3. The minimum Gasteiger partial charge on any atom is -0.496 e. The van der Waals surface area contributed by atoms with Crippen LogP contribution in [-0.4, -0.2) is 47.3 Å². The van der Waals surface area contributed by atoms with Gasteiger partial charge in [0, 0.05) is 46.9 Å². The maximum Gasteiger partial charge on any atom is 0.264 e. The molecule has 1 saturated carbocycles. The molecule has 8 heteroatoms. The number of carbonyl (C=O) groups excluding carboxylic acids is 2. The van der Waals surface area contributed by atoms with Crippen LogP contribution in [0.4, 0.5) is 4.39 Å². The van der Waals surface area contributed by atoms with Crippen LogP contribution in [0.3, 0.4) is 0 Å². The van der Waals surface area contributed by atoms with Crippen molar-refractivity contribution in [3.8, 4) is 16.9 Å². The van der Waals surface area contributed by atoms with Crippen molar-refractivity contribution in [2.75, 3.05) is 14.2 Å². The quantitative estimate of drug-likeness (QED) is 0.153. The third kappa shape index (κ3) is 6.03. The molecule has 3 aromatic carbocycles. The molecule has 1 aliphatic carbocycles. The van der Waals surface area contributed by atoms with Crippen molar-refractivity contribution in [3.63, 3.8) is 0 Å². The summed E-state index contributed by atoms with van der Waals surface area (Å²) in [5, 5.41) is 0.512. The number of carbonyl (C=O) groups is 2. The van der Waals surface area contributed by atoms with Crippen LogP contribution in [0.25, 0.3) is 21.2 Å². The third-order valence-electron chi connectivity index (χ3n) is 8.19. The summed E-state index contributed by atoms with van der Waals surface area (Å²) in [6.45, 7) is 3.72. The summed E-state index contributed by atoms with van der Waals surface area (Å²) in [7, 11) is 3.50. The number of nitrogens with zero attached hydrogens (tertiary/aromatic N) is 2. The van der Waals surface area contributed by atoms with E-state index in [0.29, 0.717) is 33.7 Å². The first-order valence-electron chi connectivity index (χ1n) is 13.8. The summed E-state index contributed by atoms with van der Waals surface area (Å²) in [5.74, 6) is 0.278. The Morgan fingerprint density at radius 3 is 2.34 bits per heavy atom. The van der Waals surface area contributed by atoms with E-state index in [0.717, 1.165) is 47.1 Å². The predicted molar refractivity (Wildman–Crippen MR) is 164 cm³/mol. The molecule has 41 heavy (non-hydrogen) atoms. The van der Waals surface area contributed by atoms with E-state index < -0.39 is 0 Å². The van der Waals surface area contributed by atoms with Gasteiger partial charge < -0.3 is 9.64 Å². The fourth-order valence-electron chi connectivity index (χ4n) is 5.86. The lowest BCUT2D eigenvalue weighted by Crippen LogP contribution is -2.44. The second-order valence-electron chi connectivity index (χ2n) is 10.8. The first-order valence-corrected chi connectivity index (χ1v) is 15.0. The standard InChI is InChI=1S/C33H34ClFN2O3S/c1-20-31-28(35)9-6-10-30(31)41-32(20)33(39)37(27-14-12-26(13-15-27)36(3)34)19-25-18-24(11-16-29(25)40-4)23-8-5-7-22(17-23)21(2)38/h5-11,16-18,26-27H,12-15,19H2,1-4H3. The molecule has 0 atom stereocenters. The van der Waals surface area contributed by atoms with Crippen molar-refractivity contribution >= 4 is 44.9 Å². The van der Waals surface area contributed by atoms with Gasteiger partial charge in [-0.3, -0.25) is 9.59 Å². The molecule has 0 radical (unpaired) electrons. The maximum atomic E-state index is 14.8. The van der Waals surface area contributed by atoms with E-state index in [9.17, 15) is 14.0 Å². The fourth-order valence-corrected chi connectivity index (χ4v) is 7.24. The molecule has 0 spiro atoms. The van der Waals surface area contributed by atoms with E-state index in [4.69, 9.17) is 16.5 Å². The van der Waals surface area contributed by atoms with Gasteiger partial charge in [0.2, 0.25) is 0 Å². The van der Waals surface area contributed by atoms with Crippen LogP contribution >= 0.6 is 23.1 Å². The summed E-state index contributed by atoms with van der Waals surface area (Å²) in [4.78, 5) is 28.8. The van der Waals surface area contributed by atoms with E-state index in [-0.39, 0.29) is 29.6 Å². The summed E-state index contributed by atoms with van der Waals surface area (Å²) in [6, 6.07) is 18.7. The highest BCUT2D eigenvalue weighted by Crippen LogP contribution is 2.37. The molecule has 0 bridgehead atoms. The highest BCUT2D eigenvalue weighted by atomic mass is 35.5. The molecule has 0 saturated heterocycles. The van der Waals surface area contributed by atoms with E-state index in [2.05, 4.69) is 0 Å². The lowest BCUT2D eigenvalue weighted by Gasteiger charge is -2.38. The minimum atomic E-state index is -0.310. The number of hydrogen-bond acceptors (Lipinski definition) is 5. The van der Waals surface area contributed by atoms with Crippen molar-refractivity contribution in [2.24, 2.45) is 0 Å². The van der Waals surface area contributed by atoms with E-state index >= 15 is 0 Å². The zero-order valence-electron chi connectivity index (χ0n) is 23.7. The number of benzene rings is 3. The number of hydrogen-bond donors (Lipinski definition) is 0. The van der Waals surface area contributed by atoms with Crippen molar-refractivity contribution in [3.05, 3.63) is 88.0 Å². The van der Waals surface area contributed by atoms with Gasteiger partial charge in [-0.1, -0.05) is 30.3 Å². The Morgan fingerprint density at radius 2 is 1.68 bits per heavy atom. The van der Waals surface area contributed by atoms with Crippen LogP contribution in [0, 0.1) is 12.7 Å². The highest BCUT2D eigenvalue weighted by molar-refractivity contribution is 7.21. The van der Waals surface area contributed by atoms with Crippen LogP contribution in [0.15, 0.2) is 60.7 Å². The third-order valence-corrected chi connectivity index (χ3v) is 9.71. The Hall–Kier alpha value is -3.26. The number of ether oxygens (including phenoxy) is 1. The van der Waals surface area contributed by atoms with Crippen LogP contribution in [0.2, 0.25) is 0 Å². The molecule has 0 unspecified atom stereocenters. The number of rotatable bonds is 8. The predicted octanol–water partition coefficient (Wildman–Crippen LogP) is 8.27. The second kappa shape index (κ2) is 12.3. The number of halogens is 2. The van der Waals surface area contributed by atoms with E-state index in [1.54, 1.807) is 30.6 Å². The monoisotopic (exact) mass is 592 g/mol. The number of Topliss-reactive ketones (excluding diaryl/α,β-unsaturated/α-hetero) is 1. The number of methoxy groups -OCH3 is 1. The molecular weight excluding hydrogens is 559 g/mol. The molecule has 1 amide bonds. The van der Waals surface area contributed by atoms with Crippen LogP contribution in [-0.2, 0) is 6.54 Å². The van der Waals surface area contributed by atoms with E-state index in [1.807, 2.05) is 61.3 Å². The summed E-state index contributed by atoms with van der Waals surface area (Å²) in [6.07, 6.45) is 3.38. The average Bonchev–Trinajstić information content (AvgIpc) is 3.32. The number of thiophene rings is 1. The van der Waals surface area contributed by atoms with Gasteiger partial charge in [0.1, 0.15) is 11.6 Å². The molecule has 1 fully saturated rings. The molecule has 0 aliphatic heterocycles. The molecule has 4 aromatic rings. The van der Waals surface area contributed by atoms with Gasteiger partial charge in [-0.15, -0.1) is 11.3 Å². The normalized spacial score (nSPS) is 17.1. The summed E-state index contributed by atoms with van der Waals surface area (Å²) < 4.78 is 23.0. The number of amides is 1. The van der Waals surface area contributed by atoms with Crippen LogP contribution in [0.5, 0.6) is 5.75 Å². The zero-order valence-corrected chi connectivity index (χ0v) is 25.3. The van der Waals surface area contributed by atoms with Gasteiger partial charge in [-0.25, -0.2) is 8.81 Å². The Labute approximate surface area is 249 Å². The van der Waals surface area contributed by atoms with Gasteiger partial charge in [-0.05, 0) is 98.3 Å². The minimum absolute atomic E-state index is 0.000714. The first-order chi connectivity index (χ1) is 19.7. The molecule has 5 rings (SSSR count). The van der Waals surface area contributed by atoms with Crippen molar-refractivity contribution in [1.82, 2.24) is 9.32 Å². The van der Waals surface area contributed by atoms with E-state index in [1.165, 1.54) is 17.4 Å². The Kier molecular flexibility index (Phi) is 8.78. The maximum absolute atomic E-state index is 14.8.